The molecule has 2 unspecified atom stereocenters. The van der Waals surface area contributed by atoms with Gasteiger partial charge < -0.3 is 9.64 Å². The normalized spacial score (nSPS) is 17.1. The number of hydrogen-bond acceptors (Lipinski definition) is 4. The summed E-state index contributed by atoms with van der Waals surface area (Å²) < 4.78 is 4.96. The lowest BCUT2D eigenvalue weighted by Gasteiger charge is -2.38. The van der Waals surface area contributed by atoms with Crippen LogP contribution in [0, 0.1) is 5.41 Å². The van der Waals surface area contributed by atoms with Gasteiger partial charge in [0.05, 0.1) is 7.11 Å². The average Bonchev–Trinajstić information content (AvgIpc) is 2.31. The van der Waals surface area contributed by atoms with Crippen molar-refractivity contribution in [1.29, 1.82) is 0 Å². The molecule has 20 heavy (non-hydrogen) atoms. The average molecular weight is 286 g/mol. The van der Waals surface area contributed by atoms with Crippen molar-refractivity contribution in [2.45, 2.75) is 72.5 Å². The Morgan fingerprint density at radius 2 is 1.70 bits per heavy atom. The van der Waals surface area contributed by atoms with Crippen LogP contribution in [0.1, 0.15) is 54.9 Å². The smallest absolute Gasteiger partial charge is 0.325 e. The molecule has 120 valence electrons. The number of rotatable bonds is 7. The summed E-state index contributed by atoms with van der Waals surface area (Å²) in [5.41, 5.74) is -0.406. The van der Waals surface area contributed by atoms with Crippen molar-refractivity contribution < 1.29 is 9.53 Å². The van der Waals surface area contributed by atoms with Gasteiger partial charge in [0, 0.05) is 18.6 Å². The lowest BCUT2D eigenvalue weighted by molar-refractivity contribution is -0.148. The molecule has 0 aliphatic rings. The van der Waals surface area contributed by atoms with Gasteiger partial charge in [-0.1, -0.05) is 20.8 Å². The van der Waals surface area contributed by atoms with Crippen molar-refractivity contribution in [2.75, 3.05) is 20.7 Å². The number of esters is 1. The van der Waals surface area contributed by atoms with Crippen LogP contribution in [-0.2, 0) is 9.53 Å². The SMILES string of the molecule is COC(=O)C(C)(CCN(C)C(C)C(C)(C)C)NC(C)C. The van der Waals surface area contributed by atoms with Gasteiger partial charge in [0.1, 0.15) is 5.54 Å². The van der Waals surface area contributed by atoms with Gasteiger partial charge in [-0.25, -0.2) is 0 Å². The molecule has 0 aliphatic carbocycles. The molecule has 0 rings (SSSR count). The number of methoxy groups -OCH3 is 1. The number of hydrogen-bond donors (Lipinski definition) is 1. The van der Waals surface area contributed by atoms with Crippen LogP contribution in [0.3, 0.4) is 0 Å². The highest BCUT2D eigenvalue weighted by molar-refractivity contribution is 5.80. The molecule has 0 heterocycles. The maximum Gasteiger partial charge on any atom is 0.325 e. The fourth-order valence-corrected chi connectivity index (χ4v) is 2.35. The minimum absolute atomic E-state index is 0.192. The summed E-state index contributed by atoms with van der Waals surface area (Å²) >= 11 is 0. The minimum Gasteiger partial charge on any atom is -0.468 e. The Bertz CT molecular complexity index is 310. The van der Waals surface area contributed by atoms with Gasteiger partial charge in [0.2, 0.25) is 0 Å². The summed E-state index contributed by atoms with van der Waals surface area (Å²) in [5, 5.41) is 3.34. The molecule has 0 bridgehead atoms. The van der Waals surface area contributed by atoms with Crippen molar-refractivity contribution >= 4 is 5.97 Å². The molecule has 0 radical (unpaired) electrons. The van der Waals surface area contributed by atoms with E-state index in [1.807, 2.05) is 20.8 Å². The number of carbonyl (C=O) groups is 1. The van der Waals surface area contributed by atoms with E-state index in [0.717, 1.165) is 13.0 Å². The van der Waals surface area contributed by atoms with E-state index in [2.05, 4.69) is 45.0 Å². The van der Waals surface area contributed by atoms with E-state index in [-0.39, 0.29) is 17.4 Å². The summed E-state index contributed by atoms with van der Waals surface area (Å²) in [6.07, 6.45) is 0.731. The van der Waals surface area contributed by atoms with E-state index in [0.29, 0.717) is 6.04 Å². The summed E-state index contributed by atoms with van der Waals surface area (Å²) in [4.78, 5) is 14.4. The predicted octanol–water partition coefficient (Wildman–Crippen LogP) is 2.67. The summed E-state index contributed by atoms with van der Waals surface area (Å²) in [6, 6.07) is 0.688. The molecule has 0 aromatic carbocycles. The van der Waals surface area contributed by atoms with Crippen LogP contribution in [0.5, 0.6) is 0 Å². The molecule has 2 atom stereocenters. The lowest BCUT2D eigenvalue weighted by atomic mass is 9.86. The van der Waals surface area contributed by atoms with E-state index in [9.17, 15) is 4.79 Å². The first-order valence-corrected chi connectivity index (χ1v) is 7.50. The van der Waals surface area contributed by atoms with Crippen LogP contribution < -0.4 is 5.32 Å². The second-order valence-electron chi connectivity index (χ2n) is 7.40. The Kier molecular flexibility index (Phi) is 7.19. The molecule has 0 aromatic rings. The van der Waals surface area contributed by atoms with Gasteiger partial charge in [-0.15, -0.1) is 0 Å². The molecular weight excluding hydrogens is 252 g/mol. The number of ether oxygens (including phenoxy) is 1. The fraction of sp³-hybridized carbons (Fsp3) is 0.938. The highest BCUT2D eigenvalue weighted by Gasteiger charge is 2.35. The first-order valence-electron chi connectivity index (χ1n) is 7.50. The van der Waals surface area contributed by atoms with E-state index in [1.54, 1.807) is 0 Å². The molecule has 0 aliphatic heterocycles. The van der Waals surface area contributed by atoms with Crippen LogP contribution >= 0.6 is 0 Å². The van der Waals surface area contributed by atoms with Crippen molar-refractivity contribution in [2.24, 2.45) is 5.41 Å². The third-order valence-electron chi connectivity index (χ3n) is 4.12. The lowest BCUT2D eigenvalue weighted by Crippen LogP contribution is -2.55. The van der Waals surface area contributed by atoms with Gasteiger partial charge in [-0.3, -0.25) is 10.1 Å². The third-order valence-corrected chi connectivity index (χ3v) is 4.12. The van der Waals surface area contributed by atoms with Crippen LogP contribution in [-0.4, -0.2) is 49.2 Å². The molecule has 0 saturated carbocycles. The van der Waals surface area contributed by atoms with E-state index in [1.165, 1.54) is 7.11 Å². The Morgan fingerprint density at radius 1 is 1.20 bits per heavy atom. The minimum atomic E-state index is -0.630. The molecule has 0 spiro atoms. The second kappa shape index (κ2) is 7.41. The van der Waals surface area contributed by atoms with Crippen molar-refractivity contribution in [3.05, 3.63) is 0 Å². The monoisotopic (exact) mass is 286 g/mol. The highest BCUT2D eigenvalue weighted by atomic mass is 16.5. The molecule has 4 heteroatoms. The Morgan fingerprint density at radius 3 is 2.05 bits per heavy atom. The largest absolute Gasteiger partial charge is 0.468 e. The maximum absolute atomic E-state index is 12.0. The summed E-state index contributed by atoms with van der Waals surface area (Å²) in [7, 11) is 3.56. The number of nitrogens with zero attached hydrogens (tertiary/aromatic N) is 1. The maximum atomic E-state index is 12.0. The molecule has 0 amide bonds. The first kappa shape index (κ1) is 19.4. The fourth-order valence-electron chi connectivity index (χ4n) is 2.35. The van der Waals surface area contributed by atoms with E-state index >= 15 is 0 Å². The number of nitrogens with one attached hydrogen (secondary N) is 1. The van der Waals surface area contributed by atoms with Crippen molar-refractivity contribution in [3.63, 3.8) is 0 Å². The van der Waals surface area contributed by atoms with Gasteiger partial charge in [-0.05, 0) is 46.6 Å². The summed E-state index contributed by atoms with van der Waals surface area (Å²) in [6.45, 7) is 15.8. The third kappa shape index (κ3) is 5.80. The molecule has 0 saturated heterocycles. The van der Waals surface area contributed by atoms with E-state index < -0.39 is 5.54 Å². The zero-order chi connectivity index (χ0) is 16.1. The Labute approximate surface area is 125 Å². The van der Waals surface area contributed by atoms with Gasteiger partial charge in [0.15, 0.2) is 0 Å². The van der Waals surface area contributed by atoms with Gasteiger partial charge in [0.25, 0.3) is 0 Å². The summed E-state index contributed by atoms with van der Waals surface area (Å²) in [5.74, 6) is -0.192. The topological polar surface area (TPSA) is 41.6 Å². The Hall–Kier alpha value is -0.610. The zero-order valence-electron chi connectivity index (χ0n) is 14.8. The predicted molar refractivity (Wildman–Crippen MR) is 84.9 cm³/mol. The van der Waals surface area contributed by atoms with Crippen LogP contribution in [0.25, 0.3) is 0 Å². The molecular formula is C16H34N2O2. The second-order valence-corrected chi connectivity index (χ2v) is 7.40. The van der Waals surface area contributed by atoms with Crippen LogP contribution in [0.4, 0.5) is 0 Å². The zero-order valence-corrected chi connectivity index (χ0v) is 14.8. The molecule has 4 nitrogen and oxygen atoms in total. The first-order chi connectivity index (χ1) is 8.94. The van der Waals surface area contributed by atoms with Crippen LogP contribution in [0.15, 0.2) is 0 Å². The van der Waals surface area contributed by atoms with E-state index in [4.69, 9.17) is 4.74 Å². The van der Waals surface area contributed by atoms with Gasteiger partial charge >= 0.3 is 5.97 Å². The van der Waals surface area contributed by atoms with Crippen molar-refractivity contribution in [3.8, 4) is 0 Å². The van der Waals surface area contributed by atoms with Crippen LogP contribution in [0.2, 0.25) is 0 Å². The standard InChI is InChI=1S/C16H34N2O2/c1-12(2)17-16(7,14(19)20-9)10-11-18(8)13(3)15(4,5)6/h12-13,17H,10-11H2,1-9H3. The molecule has 0 fully saturated rings. The Balaban J connectivity index is 4.74. The van der Waals surface area contributed by atoms with Gasteiger partial charge in [-0.2, -0.15) is 0 Å². The quantitative estimate of drug-likeness (QED) is 0.731. The molecule has 1 N–H and O–H groups in total. The van der Waals surface area contributed by atoms with Crippen molar-refractivity contribution in [1.82, 2.24) is 10.2 Å². The number of carbonyl (C=O) groups excluding carboxylic acids is 1. The molecule has 0 aromatic heterocycles. The highest BCUT2D eigenvalue weighted by Crippen LogP contribution is 2.24.